The van der Waals surface area contributed by atoms with Gasteiger partial charge in [0.15, 0.2) is 0 Å². The topological polar surface area (TPSA) is 20.2 Å². The van der Waals surface area contributed by atoms with E-state index in [1.54, 1.807) is 0 Å². The zero-order valence-electron chi connectivity index (χ0n) is 11.1. The quantitative estimate of drug-likeness (QED) is 0.782. The molecule has 3 rings (SSSR count). The van der Waals surface area contributed by atoms with Crippen molar-refractivity contribution < 1.29 is 5.11 Å². The lowest BCUT2D eigenvalue weighted by Crippen LogP contribution is -2.38. The Kier molecular flexibility index (Phi) is 3.43. The van der Waals surface area contributed by atoms with Gasteiger partial charge in [0, 0.05) is 0 Å². The summed E-state index contributed by atoms with van der Waals surface area (Å²) in [5, 5.41) is 10.8. The second kappa shape index (κ2) is 5.05. The minimum atomic E-state index is -0.371. The van der Waals surface area contributed by atoms with Gasteiger partial charge < -0.3 is 5.11 Å². The van der Waals surface area contributed by atoms with Crippen LogP contribution in [-0.2, 0) is 0 Å². The summed E-state index contributed by atoms with van der Waals surface area (Å²) in [6.07, 6.45) is 9.53. The third-order valence-corrected chi connectivity index (χ3v) is 4.99. The fraction of sp³-hybridized carbons (Fsp3) is 0.647. The van der Waals surface area contributed by atoms with Gasteiger partial charge in [-0.3, -0.25) is 0 Å². The van der Waals surface area contributed by atoms with Gasteiger partial charge in [-0.15, -0.1) is 0 Å². The van der Waals surface area contributed by atoms with Crippen molar-refractivity contribution in [3.8, 4) is 0 Å². The number of rotatable bonds is 1. The normalized spacial score (nSPS) is 36.7. The van der Waals surface area contributed by atoms with E-state index in [0.717, 1.165) is 25.2 Å². The molecular formula is C17H24O. The lowest BCUT2D eigenvalue weighted by atomic mass is 9.68. The third-order valence-electron chi connectivity index (χ3n) is 4.99. The Hall–Kier alpha value is -0.820. The summed E-state index contributed by atoms with van der Waals surface area (Å²) in [5.74, 6) is 1.36. The number of benzene rings is 1. The molecule has 98 valence electrons. The van der Waals surface area contributed by atoms with E-state index in [1.807, 2.05) is 0 Å². The highest BCUT2D eigenvalue weighted by molar-refractivity contribution is 5.20. The molecule has 0 aromatic heterocycles. The average molecular weight is 244 g/mol. The van der Waals surface area contributed by atoms with Crippen LogP contribution in [0, 0.1) is 5.92 Å². The molecule has 0 amide bonds. The van der Waals surface area contributed by atoms with E-state index >= 15 is 0 Å². The largest absolute Gasteiger partial charge is 0.390 e. The maximum absolute atomic E-state index is 10.8. The highest BCUT2D eigenvalue weighted by Crippen LogP contribution is 2.44. The Balaban J connectivity index is 1.80. The zero-order chi connectivity index (χ0) is 12.4. The van der Waals surface area contributed by atoms with Crippen LogP contribution in [0.15, 0.2) is 30.3 Å². The van der Waals surface area contributed by atoms with Crippen molar-refractivity contribution >= 4 is 0 Å². The fourth-order valence-corrected chi connectivity index (χ4v) is 4.12. The highest BCUT2D eigenvalue weighted by Gasteiger charge is 2.37. The van der Waals surface area contributed by atoms with Crippen LogP contribution in [0.5, 0.6) is 0 Å². The Morgan fingerprint density at radius 3 is 2.56 bits per heavy atom. The predicted molar refractivity (Wildman–Crippen MR) is 74.6 cm³/mol. The van der Waals surface area contributed by atoms with Crippen LogP contribution in [-0.4, -0.2) is 10.7 Å². The first kappa shape index (κ1) is 12.2. The maximum atomic E-state index is 10.8. The first-order chi connectivity index (χ1) is 8.75. The number of aliphatic hydroxyl groups is 1. The first-order valence-corrected chi connectivity index (χ1v) is 7.52. The fourth-order valence-electron chi connectivity index (χ4n) is 4.12. The van der Waals surface area contributed by atoms with Gasteiger partial charge in [0.2, 0.25) is 0 Å². The summed E-state index contributed by atoms with van der Waals surface area (Å²) < 4.78 is 0. The van der Waals surface area contributed by atoms with Crippen molar-refractivity contribution in [1.29, 1.82) is 0 Å². The van der Waals surface area contributed by atoms with Crippen LogP contribution in [0.1, 0.15) is 62.8 Å². The van der Waals surface area contributed by atoms with E-state index < -0.39 is 0 Å². The molecule has 3 atom stereocenters. The van der Waals surface area contributed by atoms with E-state index in [9.17, 15) is 5.11 Å². The molecule has 2 aliphatic carbocycles. The van der Waals surface area contributed by atoms with Crippen LogP contribution in [0.2, 0.25) is 0 Å². The van der Waals surface area contributed by atoms with Crippen LogP contribution in [0.3, 0.4) is 0 Å². The molecule has 2 bridgehead atoms. The highest BCUT2D eigenvalue weighted by atomic mass is 16.3. The Morgan fingerprint density at radius 2 is 1.72 bits per heavy atom. The summed E-state index contributed by atoms with van der Waals surface area (Å²) in [5.41, 5.74) is 1.05. The van der Waals surface area contributed by atoms with Gasteiger partial charge in [-0.1, -0.05) is 56.0 Å². The molecule has 0 spiro atoms. The molecule has 1 heteroatoms. The molecule has 2 saturated carbocycles. The Morgan fingerprint density at radius 1 is 0.944 bits per heavy atom. The standard InChI is InChI=1S/C17H24O/c18-17-11-5-7-14(12-17)6-4-10-16(13-17)15-8-2-1-3-9-15/h1-3,8-9,14,16,18H,4-7,10-13H2/t14-,16?,17-/m1/s1. The van der Waals surface area contributed by atoms with Gasteiger partial charge >= 0.3 is 0 Å². The molecule has 1 unspecified atom stereocenters. The van der Waals surface area contributed by atoms with E-state index in [0.29, 0.717) is 5.92 Å². The van der Waals surface area contributed by atoms with Gasteiger partial charge in [-0.25, -0.2) is 0 Å². The second-order valence-electron chi connectivity index (χ2n) is 6.43. The molecule has 18 heavy (non-hydrogen) atoms. The summed E-state index contributed by atoms with van der Waals surface area (Å²) >= 11 is 0. The number of hydrogen-bond acceptors (Lipinski definition) is 1. The minimum absolute atomic E-state index is 0.371. The lowest BCUT2D eigenvalue weighted by molar-refractivity contribution is -0.0366. The molecule has 0 saturated heterocycles. The van der Waals surface area contributed by atoms with Crippen LogP contribution >= 0.6 is 0 Å². The van der Waals surface area contributed by atoms with Gasteiger partial charge in [-0.2, -0.15) is 0 Å². The molecule has 0 radical (unpaired) electrons. The van der Waals surface area contributed by atoms with Crippen molar-refractivity contribution in [1.82, 2.24) is 0 Å². The van der Waals surface area contributed by atoms with Crippen molar-refractivity contribution in [2.75, 3.05) is 0 Å². The van der Waals surface area contributed by atoms with Crippen molar-refractivity contribution in [3.63, 3.8) is 0 Å². The molecule has 1 nitrogen and oxygen atoms in total. The molecule has 0 heterocycles. The second-order valence-corrected chi connectivity index (χ2v) is 6.43. The first-order valence-electron chi connectivity index (χ1n) is 7.52. The molecular weight excluding hydrogens is 220 g/mol. The zero-order valence-corrected chi connectivity index (χ0v) is 11.1. The predicted octanol–water partition coefficient (Wildman–Crippen LogP) is 4.27. The van der Waals surface area contributed by atoms with E-state index in [-0.39, 0.29) is 5.60 Å². The molecule has 1 aromatic rings. The monoisotopic (exact) mass is 244 g/mol. The molecule has 2 fully saturated rings. The molecule has 0 aliphatic heterocycles. The third kappa shape index (κ3) is 2.61. The average Bonchev–Trinajstić information content (AvgIpc) is 2.37. The minimum Gasteiger partial charge on any atom is -0.390 e. The van der Waals surface area contributed by atoms with Gasteiger partial charge in [-0.05, 0) is 43.1 Å². The summed E-state index contributed by atoms with van der Waals surface area (Å²) in [4.78, 5) is 0. The van der Waals surface area contributed by atoms with E-state index in [1.165, 1.54) is 37.7 Å². The molecule has 2 aliphatic rings. The van der Waals surface area contributed by atoms with Gasteiger partial charge in [0.05, 0.1) is 5.60 Å². The van der Waals surface area contributed by atoms with Crippen molar-refractivity contribution in [2.45, 2.75) is 62.9 Å². The summed E-state index contributed by atoms with van der Waals surface area (Å²) in [6.45, 7) is 0. The van der Waals surface area contributed by atoms with E-state index in [4.69, 9.17) is 0 Å². The number of fused-ring (bicyclic) bond motifs is 2. The van der Waals surface area contributed by atoms with Crippen LogP contribution in [0.4, 0.5) is 0 Å². The van der Waals surface area contributed by atoms with Crippen LogP contribution in [0.25, 0.3) is 0 Å². The SMILES string of the molecule is O[C@@]12CCC[C@@H](CCCC(c3ccccc3)C1)C2. The smallest absolute Gasteiger partial charge is 0.0656 e. The van der Waals surface area contributed by atoms with Gasteiger partial charge in [0.1, 0.15) is 0 Å². The summed E-state index contributed by atoms with van der Waals surface area (Å²) in [6, 6.07) is 10.8. The number of hydrogen-bond donors (Lipinski definition) is 1. The Labute approximate surface area is 110 Å². The summed E-state index contributed by atoms with van der Waals surface area (Å²) in [7, 11) is 0. The molecule has 1 aromatic carbocycles. The van der Waals surface area contributed by atoms with Crippen molar-refractivity contribution in [3.05, 3.63) is 35.9 Å². The van der Waals surface area contributed by atoms with Gasteiger partial charge in [0.25, 0.3) is 0 Å². The van der Waals surface area contributed by atoms with Crippen molar-refractivity contribution in [2.24, 2.45) is 5.92 Å². The lowest BCUT2D eigenvalue weighted by Gasteiger charge is -2.41. The maximum Gasteiger partial charge on any atom is 0.0656 e. The Bertz CT molecular complexity index is 386. The van der Waals surface area contributed by atoms with E-state index in [2.05, 4.69) is 30.3 Å². The molecule has 1 N–H and O–H groups in total. The van der Waals surface area contributed by atoms with Crippen LogP contribution < -0.4 is 0 Å².